The lowest BCUT2D eigenvalue weighted by Gasteiger charge is -2.19. The first-order valence-corrected chi connectivity index (χ1v) is 8.39. The third kappa shape index (κ3) is 4.21. The van der Waals surface area contributed by atoms with Crippen molar-refractivity contribution in [1.29, 1.82) is 0 Å². The Balaban J connectivity index is 3.28. The highest BCUT2D eigenvalue weighted by Gasteiger charge is 2.27. The minimum absolute atomic E-state index is 0.154. The number of nitrogens with zero attached hydrogens (tertiary/aromatic N) is 1. The molecule has 0 aromatic heterocycles. The molecule has 1 N–H and O–H groups in total. The summed E-state index contributed by atoms with van der Waals surface area (Å²) in [4.78, 5) is -0.605. The highest BCUT2D eigenvalue weighted by atomic mass is 32.2. The van der Waals surface area contributed by atoms with Crippen LogP contribution in [0.4, 0.5) is 8.78 Å². The van der Waals surface area contributed by atoms with E-state index in [0.29, 0.717) is 5.56 Å². The van der Waals surface area contributed by atoms with E-state index in [-0.39, 0.29) is 25.7 Å². The van der Waals surface area contributed by atoms with Gasteiger partial charge in [-0.15, -0.1) is 0 Å². The minimum atomic E-state index is -4.02. The van der Waals surface area contributed by atoms with E-state index in [0.717, 1.165) is 10.4 Å². The van der Waals surface area contributed by atoms with E-state index in [1.807, 2.05) is 13.8 Å². The Kier molecular flexibility index (Phi) is 6.24. The summed E-state index contributed by atoms with van der Waals surface area (Å²) in [5, 5.41) is 3.05. The minimum Gasteiger partial charge on any atom is -0.310 e. The zero-order valence-corrected chi connectivity index (χ0v) is 13.6. The van der Waals surface area contributed by atoms with Crippen molar-refractivity contribution in [3.63, 3.8) is 0 Å². The third-order valence-electron chi connectivity index (χ3n) is 3.09. The Morgan fingerprint density at radius 1 is 1.19 bits per heavy atom. The highest BCUT2D eigenvalue weighted by molar-refractivity contribution is 7.89. The molecule has 1 aromatic rings. The molecule has 0 atom stereocenters. The van der Waals surface area contributed by atoms with Crippen molar-refractivity contribution in [1.82, 2.24) is 9.62 Å². The third-order valence-corrected chi connectivity index (χ3v) is 5.14. The van der Waals surface area contributed by atoms with Gasteiger partial charge in [-0.05, 0) is 17.7 Å². The number of hydrogen-bond acceptors (Lipinski definition) is 3. The van der Waals surface area contributed by atoms with Crippen LogP contribution in [0.25, 0.3) is 0 Å². The van der Waals surface area contributed by atoms with Crippen LogP contribution in [0.2, 0.25) is 0 Å². The molecule has 120 valence electrons. The van der Waals surface area contributed by atoms with Gasteiger partial charge in [-0.2, -0.15) is 4.31 Å². The summed E-state index contributed by atoms with van der Waals surface area (Å²) in [6.45, 7) is 7.80. The van der Waals surface area contributed by atoms with Gasteiger partial charge in [0.05, 0.1) is 0 Å². The maximum atomic E-state index is 13.9. The number of nitrogens with one attached hydrogen (secondary N) is 1. The van der Waals surface area contributed by atoms with Crippen LogP contribution in [0.15, 0.2) is 17.0 Å². The van der Waals surface area contributed by atoms with E-state index in [2.05, 4.69) is 5.32 Å². The predicted molar refractivity (Wildman–Crippen MR) is 78.4 cm³/mol. The van der Waals surface area contributed by atoms with Gasteiger partial charge in [-0.1, -0.05) is 27.7 Å². The van der Waals surface area contributed by atoms with Crippen molar-refractivity contribution in [2.75, 3.05) is 13.1 Å². The van der Waals surface area contributed by atoms with Crippen molar-refractivity contribution in [2.45, 2.75) is 45.2 Å². The summed E-state index contributed by atoms with van der Waals surface area (Å²) in [5.74, 6) is -2.47. The molecule has 0 fully saturated rings. The van der Waals surface area contributed by atoms with Crippen molar-refractivity contribution >= 4 is 10.0 Å². The molecule has 0 aliphatic heterocycles. The molecule has 0 bridgehead atoms. The normalized spacial score (nSPS) is 12.4. The zero-order chi connectivity index (χ0) is 16.2. The molecule has 0 amide bonds. The molecule has 0 spiro atoms. The van der Waals surface area contributed by atoms with Gasteiger partial charge in [0.15, 0.2) is 11.6 Å². The predicted octanol–water partition coefficient (Wildman–Crippen LogP) is 2.49. The zero-order valence-electron chi connectivity index (χ0n) is 12.8. The molecule has 7 heteroatoms. The molecule has 1 rings (SSSR count). The first-order chi connectivity index (χ1) is 9.73. The number of rotatable bonds is 7. The van der Waals surface area contributed by atoms with Crippen molar-refractivity contribution in [3.05, 3.63) is 29.3 Å². The molecule has 0 aliphatic rings. The molecule has 0 saturated carbocycles. The molecular formula is C14H22F2N2O2S. The van der Waals surface area contributed by atoms with Gasteiger partial charge in [-0.3, -0.25) is 0 Å². The van der Waals surface area contributed by atoms with E-state index in [4.69, 9.17) is 0 Å². The molecule has 0 heterocycles. The summed E-state index contributed by atoms with van der Waals surface area (Å²) in [7, 11) is -4.02. The fraction of sp³-hybridized carbons (Fsp3) is 0.571. The number of hydrogen-bond donors (Lipinski definition) is 1. The van der Waals surface area contributed by atoms with Crippen LogP contribution in [-0.2, 0) is 16.6 Å². The number of sulfonamides is 1. The largest absolute Gasteiger partial charge is 0.310 e. The highest BCUT2D eigenvalue weighted by Crippen LogP contribution is 2.23. The fourth-order valence-corrected chi connectivity index (χ4v) is 3.51. The van der Waals surface area contributed by atoms with Crippen LogP contribution in [0.3, 0.4) is 0 Å². The van der Waals surface area contributed by atoms with E-state index < -0.39 is 26.6 Å². The summed E-state index contributed by atoms with van der Waals surface area (Å²) < 4.78 is 53.4. The fourth-order valence-electron chi connectivity index (χ4n) is 1.93. The summed E-state index contributed by atoms with van der Waals surface area (Å²) in [6.07, 6.45) is 0. The Hall–Kier alpha value is -1.05. The Bertz CT molecular complexity index is 585. The first-order valence-electron chi connectivity index (χ1n) is 6.95. The smallest absolute Gasteiger partial charge is 0.246 e. The van der Waals surface area contributed by atoms with Crippen molar-refractivity contribution in [2.24, 2.45) is 0 Å². The van der Waals surface area contributed by atoms with Crippen LogP contribution >= 0.6 is 0 Å². The average molecular weight is 320 g/mol. The SMILES string of the molecule is CCN(CC)S(=O)(=O)c1cc(CNC(C)C)cc(F)c1F. The maximum Gasteiger partial charge on any atom is 0.246 e. The lowest BCUT2D eigenvalue weighted by atomic mass is 10.2. The average Bonchev–Trinajstić information content (AvgIpc) is 2.40. The van der Waals surface area contributed by atoms with Crippen LogP contribution < -0.4 is 5.32 Å². The first kappa shape index (κ1) is 18.0. The second-order valence-corrected chi connectivity index (χ2v) is 6.92. The molecule has 0 saturated heterocycles. The monoisotopic (exact) mass is 320 g/mol. The van der Waals surface area contributed by atoms with Crippen LogP contribution in [0, 0.1) is 11.6 Å². The van der Waals surface area contributed by atoms with Gasteiger partial charge in [0.25, 0.3) is 0 Å². The topological polar surface area (TPSA) is 49.4 Å². The molecular weight excluding hydrogens is 298 g/mol. The van der Waals surface area contributed by atoms with Gasteiger partial charge in [0, 0.05) is 25.7 Å². The Morgan fingerprint density at radius 3 is 2.24 bits per heavy atom. The number of benzene rings is 1. The van der Waals surface area contributed by atoms with Crippen LogP contribution in [-0.4, -0.2) is 31.9 Å². The van der Waals surface area contributed by atoms with Crippen LogP contribution in [0.1, 0.15) is 33.3 Å². The number of halogens is 2. The standard InChI is InChI=1S/C14H22F2N2O2S/c1-5-18(6-2)21(19,20)13-8-11(9-17-10(3)4)7-12(15)14(13)16/h7-8,10,17H,5-6,9H2,1-4H3. The van der Waals surface area contributed by atoms with Crippen molar-refractivity contribution in [3.8, 4) is 0 Å². The van der Waals surface area contributed by atoms with Gasteiger partial charge >= 0.3 is 0 Å². The van der Waals surface area contributed by atoms with Gasteiger partial charge in [0.1, 0.15) is 4.90 Å². The van der Waals surface area contributed by atoms with Gasteiger partial charge < -0.3 is 5.32 Å². The second-order valence-electron chi connectivity index (χ2n) is 5.01. The lowest BCUT2D eigenvalue weighted by molar-refractivity contribution is 0.431. The summed E-state index contributed by atoms with van der Waals surface area (Å²) in [5.41, 5.74) is 0.397. The van der Waals surface area contributed by atoms with Crippen molar-refractivity contribution < 1.29 is 17.2 Å². The molecule has 21 heavy (non-hydrogen) atoms. The molecule has 1 aromatic carbocycles. The van der Waals surface area contributed by atoms with E-state index in [9.17, 15) is 17.2 Å². The van der Waals surface area contributed by atoms with Gasteiger partial charge in [0.2, 0.25) is 10.0 Å². The summed E-state index contributed by atoms with van der Waals surface area (Å²) in [6, 6.07) is 2.37. The Morgan fingerprint density at radius 2 is 1.76 bits per heavy atom. The summed E-state index contributed by atoms with van der Waals surface area (Å²) >= 11 is 0. The van der Waals surface area contributed by atoms with E-state index >= 15 is 0 Å². The Labute approximate surface area is 125 Å². The molecule has 0 aliphatic carbocycles. The second kappa shape index (κ2) is 7.29. The lowest BCUT2D eigenvalue weighted by Crippen LogP contribution is -2.31. The quantitative estimate of drug-likeness (QED) is 0.840. The van der Waals surface area contributed by atoms with Gasteiger partial charge in [-0.25, -0.2) is 17.2 Å². The maximum absolute atomic E-state index is 13.9. The molecule has 0 radical (unpaired) electrons. The van der Waals surface area contributed by atoms with E-state index in [1.165, 1.54) is 6.07 Å². The van der Waals surface area contributed by atoms with Crippen LogP contribution in [0.5, 0.6) is 0 Å². The molecule has 4 nitrogen and oxygen atoms in total. The van der Waals surface area contributed by atoms with E-state index in [1.54, 1.807) is 13.8 Å². The molecule has 0 unspecified atom stereocenters.